The minimum Gasteiger partial charge on any atom is -0.322 e. The Morgan fingerprint density at radius 3 is 2.42 bits per heavy atom. The highest BCUT2D eigenvalue weighted by Gasteiger charge is 2.39. The number of hydrogen-bond acceptors (Lipinski definition) is 5. The van der Waals surface area contributed by atoms with Gasteiger partial charge in [-0.05, 0) is 48.6 Å². The maximum Gasteiger partial charge on any atom is 0.255 e. The molecule has 7 nitrogen and oxygen atoms in total. The molecule has 0 aromatic heterocycles. The van der Waals surface area contributed by atoms with E-state index in [2.05, 4.69) is 34.9 Å². The predicted molar refractivity (Wildman–Crippen MR) is 117 cm³/mol. The molecule has 162 valence electrons. The van der Waals surface area contributed by atoms with Crippen LogP contribution in [0.4, 0.5) is 0 Å². The molecular weight excluding hydrogens is 392 g/mol. The molecule has 31 heavy (non-hydrogen) atoms. The molecular formula is C24H28N4O3. The number of nitrogens with two attached hydrogens (primary N) is 1. The van der Waals surface area contributed by atoms with Gasteiger partial charge in [-0.15, -0.1) is 0 Å². The van der Waals surface area contributed by atoms with Gasteiger partial charge in [-0.25, -0.2) is 0 Å². The van der Waals surface area contributed by atoms with E-state index in [9.17, 15) is 14.4 Å². The molecule has 2 aliphatic heterocycles. The lowest BCUT2D eigenvalue weighted by Gasteiger charge is -2.29. The Hall–Kier alpha value is -3.03. The van der Waals surface area contributed by atoms with Crippen LogP contribution in [0.25, 0.3) is 0 Å². The molecule has 7 heteroatoms. The second kappa shape index (κ2) is 8.24. The van der Waals surface area contributed by atoms with Crippen molar-refractivity contribution >= 4 is 17.7 Å². The first kappa shape index (κ1) is 21.2. The van der Waals surface area contributed by atoms with Crippen molar-refractivity contribution in [1.82, 2.24) is 15.5 Å². The molecule has 0 spiro atoms. The fraction of sp³-hybridized carbons (Fsp3) is 0.375. The first-order chi connectivity index (χ1) is 14.7. The Bertz CT molecular complexity index is 1020. The van der Waals surface area contributed by atoms with Crippen LogP contribution in [0.1, 0.15) is 59.3 Å². The zero-order valence-electron chi connectivity index (χ0n) is 17.9. The summed E-state index contributed by atoms with van der Waals surface area (Å²) in [5.41, 5.74) is 10.6. The van der Waals surface area contributed by atoms with Gasteiger partial charge in [-0.2, -0.15) is 0 Å². The zero-order valence-corrected chi connectivity index (χ0v) is 17.9. The molecule has 2 heterocycles. The van der Waals surface area contributed by atoms with Crippen molar-refractivity contribution in [2.45, 2.75) is 57.9 Å². The Balaban J connectivity index is 1.37. The summed E-state index contributed by atoms with van der Waals surface area (Å²) in [4.78, 5) is 38.0. The lowest BCUT2D eigenvalue weighted by Crippen LogP contribution is -2.52. The van der Waals surface area contributed by atoms with E-state index >= 15 is 0 Å². The van der Waals surface area contributed by atoms with Gasteiger partial charge in [0.2, 0.25) is 11.8 Å². The topological polar surface area (TPSA) is 105 Å². The molecule has 1 saturated heterocycles. The van der Waals surface area contributed by atoms with Gasteiger partial charge in [-0.3, -0.25) is 19.7 Å². The van der Waals surface area contributed by atoms with Crippen LogP contribution in [0.2, 0.25) is 0 Å². The molecule has 3 amide bonds. The summed E-state index contributed by atoms with van der Waals surface area (Å²) in [6.45, 7) is 5.70. The van der Waals surface area contributed by atoms with E-state index in [1.54, 1.807) is 4.90 Å². The van der Waals surface area contributed by atoms with Crippen LogP contribution in [0.5, 0.6) is 0 Å². The zero-order chi connectivity index (χ0) is 22.2. The highest BCUT2D eigenvalue weighted by Crippen LogP contribution is 2.28. The van der Waals surface area contributed by atoms with Crippen molar-refractivity contribution in [3.05, 3.63) is 70.3 Å². The lowest BCUT2D eigenvalue weighted by atomic mass is 9.95. The van der Waals surface area contributed by atoms with Crippen molar-refractivity contribution < 1.29 is 14.4 Å². The number of carbonyl (C=O) groups is 3. The number of carbonyl (C=O) groups excluding carboxylic acids is 3. The second-order valence-corrected chi connectivity index (χ2v) is 8.91. The van der Waals surface area contributed by atoms with Gasteiger partial charge < -0.3 is 16.0 Å². The third-order valence-electron chi connectivity index (χ3n) is 5.95. The number of piperidine rings is 1. The van der Waals surface area contributed by atoms with Gasteiger partial charge in [0.15, 0.2) is 0 Å². The van der Waals surface area contributed by atoms with Gasteiger partial charge in [0.1, 0.15) is 6.04 Å². The van der Waals surface area contributed by atoms with Gasteiger partial charge in [0, 0.05) is 37.2 Å². The summed E-state index contributed by atoms with van der Waals surface area (Å²) in [5.74, 6) is -0.810. The van der Waals surface area contributed by atoms with Gasteiger partial charge >= 0.3 is 0 Å². The molecule has 1 atom stereocenters. The summed E-state index contributed by atoms with van der Waals surface area (Å²) in [5, 5.41) is 5.74. The van der Waals surface area contributed by atoms with E-state index in [1.807, 2.05) is 32.0 Å². The predicted octanol–water partition coefficient (Wildman–Crippen LogP) is 1.93. The molecule has 0 radical (unpaired) electrons. The summed E-state index contributed by atoms with van der Waals surface area (Å²) in [6, 6.07) is 13.5. The van der Waals surface area contributed by atoms with Crippen LogP contribution in [-0.2, 0) is 34.8 Å². The Labute approximate surface area is 182 Å². The lowest BCUT2D eigenvalue weighted by molar-refractivity contribution is -0.136. The van der Waals surface area contributed by atoms with Crippen molar-refractivity contribution in [2.75, 3.05) is 0 Å². The number of nitrogens with one attached hydrogen (secondary N) is 2. The molecule has 2 aromatic rings. The highest BCUT2D eigenvalue weighted by molar-refractivity contribution is 6.05. The van der Waals surface area contributed by atoms with E-state index in [1.165, 1.54) is 0 Å². The average Bonchev–Trinajstić information content (AvgIpc) is 3.04. The first-order valence-electron chi connectivity index (χ1n) is 10.6. The number of amides is 3. The van der Waals surface area contributed by atoms with Crippen molar-refractivity contribution in [2.24, 2.45) is 5.73 Å². The minimum atomic E-state index is -0.583. The molecule has 4 N–H and O–H groups in total. The minimum absolute atomic E-state index is 0.147. The molecule has 0 aliphatic carbocycles. The maximum absolute atomic E-state index is 12.9. The van der Waals surface area contributed by atoms with Crippen LogP contribution in [-0.4, -0.2) is 28.7 Å². The molecule has 1 fully saturated rings. The van der Waals surface area contributed by atoms with Crippen LogP contribution in [0.3, 0.4) is 0 Å². The van der Waals surface area contributed by atoms with Gasteiger partial charge in [0.25, 0.3) is 5.91 Å². The summed E-state index contributed by atoms with van der Waals surface area (Å²) in [7, 11) is 0. The van der Waals surface area contributed by atoms with Crippen LogP contribution in [0.15, 0.2) is 42.5 Å². The third-order valence-corrected chi connectivity index (χ3v) is 5.95. The Morgan fingerprint density at radius 2 is 1.74 bits per heavy atom. The molecule has 2 aliphatic rings. The van der Waals surface area contributed by atoms with E-state index in [0.717, 1.165) is 22.3 Å². The number of nitrogens with zero attached hydrogens (tertiary/aromatic N) is 1. The van der Waals surface area contributed by atoms with Gasteiger partial charge in [-0.1, -0.05) is 36.4 Å². The van der Waals surface area contributed by atoms with E-state index in [4.69, 9.17) is 5.73 Å². The van der Waals surface area contributed by atoms with E-state index in [0.29, 0.717) is 31.6 Å². The SMILES string of the molecule is CC(C)(N)c1ccc(CNCc2ccc3c(c2)C(=O)N(C2CCC(=O)NC2=O)C3)cc1. The van der Waals surface area contributed by atoms with Crippen molar-refractivity contribution in [3.8, 4) is 0 Å². The maximum atomic E-state index is 12.9. The third kappa shape index (κ3) is 4.52. The highest BCUT2D eigenvalue weighted by atomic mass is 16.2. The Morgan fingerprint density at radius 1 is 1.06 bits per heavy atom. The Kier molecular flexibility index (Phi) is 5.64. The number of fused-ring (bicyclic) bond motifs is 1. The van der Waals surface area contributed by atoms with Crippen LogP contribution in [0, 0.1) is 0 Å². The summed E-state index contributed by atoms with van der Waals surface area (Å²) >= 11 is 0. The standard InChI is InChI=1S/C24H28N4O3/c1-24(2,25)18-7-4-15(5-8-18)12-26-13-16-3-6-17-14-28(23(31)19(17)11-16)20-9-10-21(29)27-22(20)30/h3-8,11,20,26H,9-10,12-14,25H2,1-2H3,(H,27,29,30). The quantitative estimate of drug-likeness (QED) is 0.620. The van der Waals surface area contributed by atoms with E-state index < -0.39 is 6.04 Å². The largest absolute Gasteiger partial charge is 0.322 e. The summed E-state index contributed by atoms with van der Waals surface area (Å²) < 4.78 is 0. The fourth-order valence-electron chi connectivity index (χ4n) is 4.12. The van der Waals surface area contributed by atoms with E-state index in [-0.39, 0.29) is 29.7 Å². The second-order valence-electron chi connectivity index (χ2n) is 8.91. The smallest absolute Gasteiger partial charge is 0.255 e. The van der Waals surface area contributed by atoms with Crippen LogP contribution >= 0.6 is 0 Å². The van der Waals surface area contributed by atoms with Crippen molar-refractivity contribution in [3.63, 3.8) is 0 Å². The fourth-order valence-corrected chi connectivity index (χ4v) is 4.12. The number of benzene rings is 2. The molecule has 1 unspecified atom stereocenters. The monoisotopic (exact) mass is 420 g/mol. The number of rotatable bonds is 6. The summed E-state index contributed by atoms with van der Waals surface area (Å²) in [6.07, 6.45) is 0.633. The molecule has 4 rings (SSSR count). The van der Waals surface area contributed by atoms with Crippen molar-refractivity contribution in [1.29, 1.82) is 0 Å². The number of hydrogen-bond donors (Lipinski definition) is 3. The first-order valence-corrected chi connectivity index (χ1v) is 10.6. The molecule has 0 bridgehead atoms. The van der Waals surface area contributed by atoms with Gasteiger partial charge in [0.05, 0.1) is 0 Å². The van der Waals surface area contributed by atoms with Crippen LogP contribution < -0.4 is 16.4 Å². The number of imide groups is 1. The molecule has 0 saturated carbocycles. The average molecular weight is 421 g/mol. The molecule has 2 aromatic carbocycles. The normalized spacial score (nSPS) is 18.9.